The molecule has 19 heavy (non-hydrogen) atoms. The van der Waals surface area contributed by atoms with Crippen LogP contribution >= 0.6 is 0 Å². The summed E-state index contributed by atoms with van der Waals surface area (Å²) in [5, 5.41) is 5.29. The molecule has 0 bridgehead atoms. The standard InChI is InChI=1S/C12H17N3O4/c1-2-19-11(17)4-3-10(16)15-6-5-8-9(7-15)13-14-12(8)18/h2-7H2,1H3,(H2,13,14,18). The molecule has 0 fully saturated rings. The van der Waals surface area contributed by atoms with Gasteiger partial charge in [-0.25, -0.2) is 0 Å². The van der Waals surface area contributed by atoms with Gasteiger partial charge in [0.05, 0.1) is 25.3 Å². The molecule has 0 unspecified atom stereocenters. The molecule has 0 atom stereocenters. The van der Waals surface area contributed by atoms with Gasteiger partial charge in [0.25, 0.3) is 5.56 Å². The summed E-state index contributed by atoms with van der Waals surface area (Å²) in [6, 6.07) is 0. The van der Waals surface area contributed by atoms with E-state index < -0.39 is 0 Å². The van der Waals surface area contributed by atoms with E-state index in [1.165, 1.54) is 0 Å². The molecule has 2 rings (SSSR count). The van der Waals surface area contributed by atoms with Gasteiger partial charge in [0.1, 0.15) is 0 Å². The molecule has 2 N–H and O–H groups in total. The van der Waals surface area contributed by atoms with Crippen molar-refractivity contribution in [1.82, 2.24) is 15.1 Å². The van der Waals surface area contributed by atoms with Crippen molar-refractivity contribution in [2.75, 3.05) is 13.2 Å². The van der Waals surface area contributed by atoms with Crippen LogP contribution in [0.2, 0.25) is 0 Å². The van der Waals surface area contributed by atoms with E-state index in [0.717, 1.165) is 11.3 Å². The average Bonchev–Trinajstić information content (AvgIpc) is 2.77. The van der Waals surface area contributed by atoms with Crippen LogP contribution in [0.4, 0.5) is 0 Å². The third kappa shape index (κ3) is 3.04. The molecule has 1 amide bonds. The number of H-pyrrole nitrogens is 2. The predicted octanol–water partition coefficient (Wildman–Crippen LogP) is -0.0690. The van der Waals surface area contributed by atoms with Gasteiger partial charge in [-0.1, -0.05) is 0 Å². The average molecular weight is 267 g/mol. The predicted molar refractivity (Wildman–Crippen MR) is 66.4 cm³/mol. The van der Waals surface area contributed by atoms with Crippen LogP contribution in [-0.4, -0.2) is 40.1 Å². The minimum atomic E-state index is -0.358. The molecule has 0 aromatic carbocycles. The summed E-state index contributed by atoms with van der Waals surface area (Å²) in [6.45, 7) is 2.95. The van der Waals surface area contributed by atoms with Crippen molar-refractivity contribution in [3.8, 4) is 0 Å². The largest absolute Gasteiger partial charge is 0.466 e. The van der Waals surface area contributed by atoms with Crippen LogP contribution in [0.25, 0.3) is 0 Å². The van der Waals surface area contributed by atoms with E-state index in [-0.39, 0.29) is 30.3 Å². The third-order valence-corrected chi connectivity index (χ3v) is 3.15. The third-order valence-electron chi connectivity index (χ3n) is 3.15. The van der Waals surface area contributed by atoms with Crippen LogP contribution in [0.3, 0.4) is 0 Å². The Morgan fingerprint density at radius 2 is 2.11 bits per heavy atom. The number of aromatic amines is 2. The van der Waals surface area contributed by atoms with Crippen molar-refractivity contribution in [1.29, 1.82) is 0 Å². The van der Waals surface area contributed by atoms with E-state index in [4.69, 9.17) is 4.74 Å². The summed E-state index contributed by atoms with van der Waals surface area (Å²) in [5.74, 6) is -0.454. The topological polar surface area (TPSA) is 95.3 Å². The molecule has 0 saturated carbocycles. The van der Waals surface area contributed by atoms with Crippen LogP contribution in [0.15, 0.2) is 4.79 Å². The number of nitrogens with one attached hydrogen (secondary N) is 2. The van der Waals surface area contributed by atoms with Crippen LogP contribution in [0.1, 0.15) is 31.0 Å². The van der Waals surface area contributed by atoms with E-state index in [9.17, 15) is 14.4 Å². The van der Waals surface area contributed by atoms with Gasteiger partial charge in [-0.05, 0) is 13.3 Å². The lowest BCUT2D eigenvalue weighted by Gasteiger charge is -2.26. The summed E-state index contributed by atoms with van der Waals surface area (Å²) >= 11 is 0. The Bertz CT molecular complexity index is 531. The minimum Gasteiger partial charge on any atom is -0.466 e. The van der Waals surface area contributed by atoms with Gasteiger partial charge in [0.15, 0.2) is 0 Å². The number of fused-ring (bicyclic) bond motifs is 1. The normalized spacial score (nSPS) is 14.1. The number of carbonyl (C=O) groups excluding carboxylic acids is 2. The molecule has 0 spiro atoms. The number of rotatable bonds is 4. The maximum absolute atomic E-state index is 11.9. The monoisotopic (exact) mass is 267 g/mol. The van der Waals surface area contributed by atoms with Crippen LogP contribution in [-0.2, 0) is 27.3 Å². The Balaban J connectivity index is 1.88. The second-order valence-corrected chi connectivity index (χ2v) is 4.41. The number of nitrogens with zero attached hydrogens (tertiary/aromatic N) is 1. The molecular formula is C12H17N3O4. The highest BCUT2D eigenvalue weighted by Gasteiger charge is 2.24. The fraction of sp³-hybridized carbons (Fsp3) is 0.583. The molecule has 7 nitrogen and oxygen atoms in total. The zero-order valence-corrected chi connectivity index (χ0v) is 10.8. The lowest BCUT2D eigenvalue weighted by molar-refractivity contribution is -0.145. The van der Waals surface area contributed by atoms with Gasteiger partial charge < -0.3 is 14.7 Å². The first kappa shape index (κ1) is 13.4. The van der Waals surface area contributed by atoms with Crippen LogP contribution in [0, 0.1) is 0 Å². The number of hydrogen-bond donors (Lipinski definition) is 2. The number of hydrogen-bond acceptors (Lipinski definition) is 4. The number of carbonyl (C=O) groups is 2. The molecule has 1 aromatic heterocycles. The van der Waals surface area contributed by atoms with Gasteiger partial charge in [-0.3, -0.25) is 19.5 Å². The Morgan fingerprint density at radius 3 is 2.84 bits per heavy atom. The first-order valence-electron chi connectivity index (χ1n) is 6.33. The zero-order valence-electron chi connectivity index (χ0n) is 10.8. The van der Waals surface area contributed by atoms with Crippen molar-refractivity contribution >= 4 is 11.9 Å². The fourth-order valence-electron chi connectivity index (χ4n) is 2.15. The summed E-state index contributed by atoms with van der Waals surface area (Å²) in [7, 11) is 0. The van der Waals surface area contributed by atoms with E-state index in [0.29, 0.717) is 26.1 Å². The Labute approximate surface area is 109 Å². The lowest BCUT2D eigenvalue weighted by atomic mass is 10.1. The van der Waals surface area contributed by atoms with Crippen molar-refractivity contribution in [2.45, 2.75) is 32.7 Å². The van der Waals surface area contributed by atoms with E-state index in [1.54, 1.807) is 11.8 Å². The van der Waals surface area contributed by atoms with Gasteiger partial charge in [0.2, 0.25) is 5.91 Å². The number of esters is 1. The van der Waals surface area contributed by atoms with Crippen molar-refractivity contribution < 1.29 is 14.3 Å². The summed E-state index contributed by atoms with van der Waals surface area (Å²) in [4.78, 5) is 36.1. The molecular weight excluding hydrogens is 250 g/mol. The van der Waals surface area contributed by atoms with E-state index in [2.05, 4.69) is 10.2 Å². The number of amides is 1. The summed E-state index contributed by atoms with van der Waals surface area (Å²) in [6.07, 6.45) is 0.780. The molecule has 1 aliphatic rings. The zero-order chi connectivity index (χ0) is 13.8. The fourth-order valence-corrected chi connectivity index (χ4v) is 2.15. The Hall–Kier alpha value is -2.05. The molecule has 104 valence electrons. The number of ether oxygens (including phenoxy) is 1. The molecule has 7 heteroatoms. The molecule has 1 aromatic rings. The first-order valence-corrected chi connectivity index (χ1v) is 6.33. The molecule has 0 radical (unpaired) electrons. The van der Waals surface area contributed by atoms with E-state index in [1.807, 2.05) is 0 Å². The van der Waals surface area contributed by atoms with E-state index >= 15 is 0 Å². The minimum absolute atomic E-state index is 0.0965. The highest BCUT2D eigenvalue weighted by atomic mass is 16.5. The first-order chi connectivity index (χ1) is 9.11. The molecule has 0 saturated heterocycles. The van der Waals surface area contributed by atoms with Crippen molar-refractivity contribution in [3.05, 3.63) is 21.6 Å². The molecule has 1 aliphatic heterocycles. The highest BCUT2D eigenvalue weighted by molar-refractivity contribution is 5.81. The summed E-state index contributed by atoms with van der Waals surface area (Å²) < 4.78 is 4.78. The van der Waals surface area contributed by atoms with Crippen molar-refractivity contribution in [2.24, 2.45) is 0 Å². The van der Waals surface area contributed by atoms with Gasteiger partial charge in [-0.2, -0.15) is 0 Å². The lowest BCUT2D eigenvalue weighted by Crippen LogP contribution is -2.37. The molecule has 2 heterocycles. The second-order valence-electron chi connectivity index (χ2n) is 4.41. The Kier molecular flexibility index (Phi) is 4.03. The maximum atomic E-state index is 11.9. The van der Waals surface area contributed by atoms with Gasteiger partial charge >= 0.3 is 5.97 Å². The van der Waals surface area contributed by atoms with Gasteiger partial charge in [0, 0.05) is 18.5 Å². The number of aromatic nitrogens is 2. The smallest absolute Gasteiger partial charge is 0.306 e. The molecule has 0 aliphatic carbocycles. The summed E-state index contributed by atoms with van der Waals surface area (Å²) in [5.41, 5.74) is 1.35. The van der Waals surface area contributed by atoms with Crippen LogP contribution in [0.5, 0.6) is 0 Å². The van der Waals surface area contributed by atoms with Crippen LogP contribution < -0.4 is 5.56 Å². The highest BCUT2D eigenvalue weighted by Crippen LogP contribution is 2.14. The maximum Gasteiger partial charge on any atom is 0.306 e. The quantitative estimate of drug-likeness (QED) is 0.746. The Morgan fingerprint density at radius 1 is 1.32 bits per heavy atom. The SMILES string of the molecule is CCOC(=O)CCC(=O)N1CCc2c([nH][nH]c2=O)C1. The van der Waals surface area contributed by atoms with Gasteiger partial charge in [-0.15, -0.1) is 0 Å². The second kappa shape index (κ2) is 5.73. The van der Waals surface area contributed by atoms with Crippen molar-refractivity contribution in [3.63, 3.8) is 0 Å².